The molecule has 118 valence electrons. The molecule has 5 nitrogen and oxygen atoms in total. The Morgan fingerprint density at radius 1 is 1.30 bits per heavy atom. The van der Waals surface area contributed by atoms with Crippen molar-refractivity contribution in [3.63, 3.8) is 0 Å². The molecule has 1 aliphatic rings. The van der Waals surface area contributed by atoms with Crippen molar-refractivity contribution in [1.82, 2.24) is 10.6 Å². The molecule has 6 heteroatoms. The highest BCUT2D eigenvalue weighted by Crippen LogP contribution is 2.09. The van der Waals surface area contributed by atoms with Crippen LogP contribution >= 0.6 is 0 Å². The fraction of sp³-hybridized carbons (Fsp3) is 0.929. The van der Waals surface area contributed by atoms with Crippen LogP contribution < -0.4 is 10.6 Å². The molecular formula is C14H28N2O3S. The first-order valence-corrected chi connectivity index (χ1v) is 9.34. The molecule has 20 heavy (non-hydrogen) atoms. The average molecular weight is 304 g/mol. The number of nitrogens with one attached hydrogen (secondary N) is 2. The minimum absolute atomic E-state index is 0.0587. The monoisotopic (exact) mass is 304 g/mol. The lowest BCUT2D eigenvalue weighted by atomic mass is 10.0. The van der Waals surface area contributed by atoms with Crippen molar-refractivity contribution in [3.8, 4) is 0 Å². The van der Waals surface area contributed by atoms with Crippen molar-refractivity contribution in [2.75, 3.05) is 18.1 Å². The summed E-state index contributed by atoms with van der Waals surface area (Å²) in [6.45, 7) is 6.84. The molecule has 0 spiro atoms. The van der Waals surface area contributed by atoms with Gasteiger partial charge in [-0.25, -0.2) is 8.42 Å². The molecule has 2 atom stereocenters. The first-order valence-electron chi connectivity index (χ1n) is 7.51. The molecule has 1 aliphatic heterocycles. The topological polar surface area (TPSA) is 75.3 Å². The minimum Gasteiger partial charge on any atom is -0.354 e. The molecule has 1 fully saturated rings. The average Bonchev–Trinajstić information content (AvgIpc) is 2.26. The molecule has 1 amide bonds. The number of rotatable bonds is 7. The SMILES string of the molecule is CC(C)CCCC(C)NC(=O)CC1CS(=O)(=O)CCN1. The lowest BCUT2D eigenvalue weighted by Gasteiger charge is -2.24. The third-order valence-electron chi connectivity index (χ3n) is 3.56. The van der Waals surface area contributed by atoms with Crippen LogP contribution in [0.25, 0.3) is 0 Å². The van der Waals surface area contributed by atoms with Crippen molar-refractivity contribution >= 4 is 15.7 Å². The van der Waals surface area contributed by atoms with Crippen LogP contribution in [-0.2, 0) is 14.6 Å². The first kappa shape index (κ1) is 17.4. The second kappa shape index (κ2) is 7.98. The van der Waals surface area contributed by atoms with E-state index in [1.54, 1.807) is 0 Å². The minimum atomic E-state index is -2.97. The molecule has 0 aromatic heterocycles. The van der Waals surface area contributed by atoms with Crippen LogP contribution in [0.5, 0.6) is 0 Å². The predicted molar refractivity (Wildman–Crippen MR) is 81.4 cm³/mol. The van der Waals surface area contributed by atoms with Crippen molar-refractivity contribution < 1.29 is 13.2 Å². The molecule has 2 N–H and O–H groups in total. The van der Waals surface area contributed by atoms with Gasteiger partial charge in [-0.05, 0) is 19.3 Å². The van der Waals surface area contributed by atoms with Gasteiger partial charge < -0.3 is 10.6 Å². The zero-order valence-corrected chi connectivity index (χ0v) is 13.6. The Kier molecular flexibility index (Phi) is 6.95. The van der Waals surface area contributed by atoms with Gasteiger partial charge in [0.15, 0.2) is 9.84 Å². The molecule has 0 aromatic carbocycles. The van der Waals surface area contributed by atoms with Crippen LogP contribution in [0.1, 0.15) is 46.5 Å². The summed E-state index contributed by atoms with van der Waals surface area (Å²) >= 11 is 0. The van der Waals surface area contributed by atoms with Gasteiger partial charge in [-0.15, -0.1) is 0 Å². The summed E-state index contributed by atoms with van der Waals surface area (Å²) in [4.78, 5) is 11.9. The van der Waals surface area contributed by atoms with E-state index in [4.69, 9.17) is 0 Å². The van der Waals surface area contributed by atoms with E-state index in [2.05, 4.69) is 24.5 Å². The first-order chi connectivity index (χ1) is 9.28. The van der Waals surface area contributed by atoms with E-state index in [0.29, 0.717) is 12.5 Å². The fourth-order valence-corrected chi connectivity index (χ4v) is 3.90. The van der Waals surface area contributed by atoms with Gasteiger partial charge >= 0.3 is 0 Å². The van der Waals surface area contributed by atoms with E-state index in [0.717, 1.165) is 12.8 Å². The summed E-state index contributed by atoms with van der Waals surface area (Å²) in [6, 6.07) is -0.0851. The maximum Gasteiger partial charge on any atom is 0.221 e. The van der Waals surface area contributed by atoms with Crippen LogP contribution in [-0.4, -0.2) is 44.5 Å². The standard InChI is InChI=1S/C14H28N2O3S/c1-11(2)5-4-6-12(3)16-14(17)9-13-10-20(18,19)8-7-15-13/h11-13,15H,4-10H2,1-3H3,(H,16,17). The van der Waals surface area contributed by atoms with Gasteiger partial charge in [-0.3, -0.25) is 4.79 Å². The van der Waals surface area contributed by atoms with Crippen molar-refractivity contribution in [3.05, 3.63) is 0 Å². The highest BCUT2D eigenvalue weighted by molar-refractivity contribution is 7.91. The van der Waals surface area contributed by atoms with E-state index in [-0.39, 0.29) is 35.9 Å². The normalized spacial score (nSPS) is 23.5. The summed E-state index contributed by atoms with van der Waals surface area (Å²) in [5, 5.41) is 6.05. The molecule has 1 heterocycles. The molecular weight excluding hydrogens is 276 g/mol. The van der Waals surface area contributed by atoms with Crippen LogP contribution in [0.15, 0.2) is 0 Å². The van der Waals surface area contributed by atoms with Gasteiger partial charge in [0.1, 0.15) is 0 Å². The van der Waals surface area contributed by atoms with Gasteiger partial charge in [0.05, 0.1) is 11.5 Å². The fourth-order valence-electron chi connectivity index (χ4n) is 2.46. The predicted octanol–water partition coefficient (Wildman–Crippen LogP) is 1.09. The Morgan fingerprint density at radius 3 is 2.60 bits per heavy atom. The zero-order valence-electron chi connectivity index (χ0n) is 12.8. The van der Waals surface area contributed by atoms with Gasteiger partial charge in [0.25, 0.3) is 0 Å². The van der Waals surface area contributed by atoms with E-state index in [9.17, 15) is 13.2 Å². The molecule has 0 saturated carbocycles. The van der Waals surface area contributed by atoms with Crippen LogP contribution in [0.4, 0.5) is 0 Å². The number of carbonyl (C=O) groups is 1. The van der Waals surface area contributed by atoms with Crippen LogP contribution in [0.3, 0.4) is 0 Å². The van der Waals surface area contributed by atoms with Crippen molar-refractivity contribution in [2.45, 2.75) is 58.5 Å². The molecule has 1 saturated heterocycles. The number of hydrogen-bond donors (Lipinski definition) is 2. The van der Waals surface area contributed by atoms with Gasteiger partial charge in [-0.1, -0.05) is 26.7 Å². The third kappa shape index (κ3) is 7.24. The van der Waals surface area contributed by atoms with Crippen molar-refractivity contribution in [2.24, 2.45) is 5.92 Å². The highest BCUT2D eigenvalue weighted by Gasteiger charge is 2.26. The van der Waals surface area contributed by atoms with E-state index in [1.165, 1.54) is 6.42 Å². The van der Waals surface area contributed by atoms with E-state index >= 15 is 0 Å². The second-order valence-electron chi connectivity index (χ2n) is 6.26. The van der Waals surface area contributed by atoms with Gasteiger partial charge in [0, 0.05) is 25.0 Å². The summed E-state index contributed by atoms with van der Waals surface area (Å²) in [6.07, 6.45) is 3.49. The lowest BCUT2D eigenvalue weighted by molar-refractivity contribution is -0.122. The van der Waals surface area contributed by atoms with Crippen molar-refractivity contribution in [1.29, 1.82) is 0 Å². The number of carbonyl (C=O) groups excluding carboxylic acids is 1. The van der Waals surface area contributed by atoms with Gasteiger partial charge in [0.2, 0.25) is 5.91 Å². The Morgan fingerprint density at radius 2 is 2.00 bits per heavy atom. The second-order valence-corrected chi connectivity index (χ2v) is 8.49. The molecule has 0 aliphatic carbocycles. The lowest BCUT2D eigenvalue weighted by Crippen LogP contribution is -2.48. The third-order valence-corrected chi connectivity index (χ3v) is 5.30. The number of hydrogen-bond acceptors (Lipinski definition) is 4. The summed E-state index contributed by atoms with van der Waals surface area (Å²) < 4.78 is 23.0. The highest BCUT2D eigenvalue weighted by atomic mass is 32.2. The van der Waals surface area contributed by atoms with Crippen LogP contribution in [0.2, 0.25) is 0 Å². The van der Waals surface area contributed by atoms with E-state index in [1.807, 2.05) is 6.92 Å². The Hall–Kier alpha value is -0.620. The van der Waals surface area contributed by atoms with E-state index < -0.39 is 9.84 Å². The van der Waals surface area contributed by atoms with Crippen LogP contribution in [0, 0.1) is 5.92 Å². The Labute approximate surface area is 122 Å². The largest absolute Gasteiger partial charge is 0.354 e. The smallest absolute Gasteiger partial charge is 0.221 e. The maximum atomic E-state index is 11.9. The molecule has 0 bridgehead atoms. The number of sulfone groups is 1. The molecule has 0 aromatic rings. The quantitative estimate of drug-likeness (QED) is 0.738. The van der Waals surface area contributed by atoms with Gasteiger partial charge in [-0.2, -0.15) is 0 Å². The summed E-state index contributed by atoms with van der Waals surface area (Å²) in [5.41, 5.74) is 0. The summed E-state index contributed by atoms with van der Waals surface area (Å²) in [7, 11) is -2.97. The summed E-state index contributed by atoms with van der Waals surface area (Å²) in [5.74, 6) is 0.880. The number of amides is 1. The molecule has 0 radical (unpaired) electrons. The Bertz CT molecular complexity index is 407. The molecule has 1 rings (SSSR count). The maximum absolute atomic E-state index is 11.9. The zero-order chi connectivity index (χ0) is 15.2. The molecule has 2 unspecified atom stereocenters. The Balaban J connectivity index is 2.25.